The minimum absolute atomic E-state index is 0.0953. The van der Waals surface area contributed by atoms with Crippen molar-refractivity contribution in [2.75, 3.05) is 26.2 Å². The second kappa shape index (κ2) is 7.33. The summed E-state index contributed by atoms with van der Waals surface area (Å²) in [5.74, 6) is -0.0134. The minimum atomic E-state index is -4.33. The summed E-state index contributed by atoms with van der Waals surface area (Å²) in [5, 5.41) is 10.2. The number of halogens is 3. The van der Waals surface area contributed by atoms with Gasteiger partial charge < -0.3 is 10.0 Å². The molecule has 2 atom stereocenters. The molecule has 0 aromatic heterocycles. The number of nitrogens with zero attached hydrogens (tertiary/aromatic N) is 2. The molecule has 3 rings (SSSR count). The summed E-state index contributed by atoms with van der Waals surface area (Å²) in [6, 6.07) is 5.10. The van der Waals surface area contributed by atoms with Gasteiger partial charge in [-0.2, -0.15) is 13.2 Å². The number of hydrogen-bond acceptors (Lipinski definition) is 3. The number of amides is 1. The molecule has 0 spiro atoms. The predicted molar refractivity (Wildman–Crippen MR) is 86.6 cm³/mol. The molecule has 0 saturated carbocycles. The first-order chi connectivity index (χ1) is 11.8. The van der Waals surface area contributed by atoms with Crippen LogP contribution in [-0.4, -0.2) is 53.1 Å². The lowest BCUT2D eigenvalue weighted by atomic mass is 10.0. The zero-order valence-electron chi connectivity index (χ0n) is 14.0. The molecule has 2 fully saturated rings. The molecule has 0 aliphatic carbocycles. The molecule has 1 N–H and O–H groups in total. The van der Waals surface area contributed by atoms with Gasteiger partial charge in [-0.15, -0.1) is 0 Å². The van der Waals surface area contributed by atoms with Gasteiger partial charge in [0.15, 0.2) is 0 Å². The van der Waals surface area contributed by atoms with Crippen molar-refractivity contribution in [2.45, 2.75) is 38.1 Å². The standard InChI is InChI=1S/C18H23F3N2O2/c19-18(20,21)15-5-3-13(4-6-15)10-22-11-14(16(24)12-22)9-17(25)23-7-1-2-8-23/h3-6,14,16,24H,1-2,7-12H2/t14-,16-/m0/s1. The van der Waals surface area contributed by atoms with Gasteiger partial charge in [0.25, 0.3) is 0 Å². The lowest BCUT2D eigenvalue weighted by Gasteiger charge is -2.19. The van der Waals surface area contributed by atoms with Crippen LogP contribution >= 0.6 is 0 Å². The van der Waals surface area contributed by atoms with Crippen LogP contribution in [0, 0.1) is 5.92 Å². The van der Waals surface area contributed by atoms with Gasteiger partial charge in [0.2, 0.25) is 5.91 Å². The number of aliphatic hydroxyl groups is 1. The maximum atomic E-state index is 12.6. The molecule has 0 unspecified atom stereocenters. The molecule has 2 aliphatic rings. The molecule has 2 aliphatic heterocycles. The van der Waals surface area contributed by atoms with Crippen LogP contribution in [-0.2, 0) is 17.5 Å². The summed E-state index contributed by atoms with van der Waals surface area (Å²) in [5.41, 5.74) is 0.110. The van der Waals surface area contributed by atoms with Gasteiger partial charge in [0, 0.05) is 45.1 Å². The first kappa shape index (κ1) is 18.2. The second-order valence-electron chi connectivity index (χ2n) is 7.01. The third-order valence-corrected chi connectivity index (χ3v) is 5.07. The number of carbonyl (C=O) groups is 1. The van der Waals surface area contributed by atoms with E-state index in [9.17, 15) is 23.1 Å². The molecule has 4 nitrogen and oxygen atoms in total. The van der Waals surface area contributed by atoms with E-state index in [1.807, 2.05) is 9.80 Å². The molecule has 1 aromatic rings. The highest BCUT2D eigenvalue weighted by molar-refractivity contribution is 5.76. The van der Waals surface area contributed by atoms with Crippen molar-refractivity contribution in [3.8, 4) is 0 Å². The van der Waals surface area contributed by atoms with E-state index in [4.69, 9.17) is 0 Å². The van der Waals surface area contributed by atoms with Crippen molar-refractivity contribution in [2.24, 2.45) is 5.92 Å². The highest BCUT2D eigenvalue weighted by atomic mass is 19.4. The monoisotopic (exact) mass is 356 g/mol. The molecular formula is C18H23F3N2O2. The smallest absolute Gasteiger partial charge is 0.391 e. The fourth-order valence-electron chi connectivity index (χ4n) is 3.65. The van der Waals surface area contributed by atoms with E-state index < -0.39 is 17.8 Å². The lowest BCUT2D eigenvalue weighted by molar-refractivity contribution is -0.137. The van der Waals surface area contributed by atoms with Crippen LogP contribution in [0.4, 0.5) is 13.2 Å². The predicted octanol–water partition coefficient (Wildman–Crippen LogP) is 2.51. The summed E-state index contributed by atoms with van der Waals surface area (Å²) in [6.45, 7) is 3.11. The van der Waals surface area contributed by atoms with E-state index in [1.54, 1.807) is 0 Å². The Balaban J connectivity index is 1.53. The summed E-state index contributed by atoms with van der Waals surface area (Å²) in [6.07, 6.45) is -2.48. The summed E-state index contributed by atoms with van der Waals surface area (Å²) >= 11 is 0. The fraction of sp³-hybridized carbons (Fsp3) is 0.611. The van der Waals surface area contributed by atoms with Crippen LogP contribution < -0.4 is 0 Å². The van der Waals surface area contributed by atoms with Crippen molar-refractivity contribution >= 4 is 5.91 Å². The van der Waals surface area contributed by atoms with Crippen molar-refractivity contribution in [1.29, 1.82) is 0 Å². The Morgan fingerprint density at radius 1 is 1.12 bits per heavy atom. The largest absolute Gasteiger partial charge is 0.416 e. The number of hydrogen-bond donors (Lipinski definition) is 1. The van der Waals surface area contributed by atoms with Gasteiger partial charge in [-0.1, -0.05) is 12.1 Å². The third-order valence-electron chi connectivity index (χ3n) is 5.07. The maximum absolute atomic E-state index is 12.6. The summed E-state index contributed by atoms with van der Waals surface area (Å²) in [4.78, 5) is 16.1. The molecule has 0 bridgehead atoms. The van der Waals surface area contributed by atoms with Crippen LogP contribution in [0.15, 0.2) is 24.3 Å². The number of alkyl halides is 3. The molecule has 1 amide bonds. The normalized spacial score (nSPS) is 24.9. The maximum Gasteiger partial charge on any atom is 0.416 e. The Morgan fingerprint density at radius 3 is 2.36 bits per heavy atom. The molecule has 25 heavy (non-hydrogen) atoms. The van der Waals surface area contributed by atoms with E-state index in [-0.39, 0.29) is 11.8 Å². The Labute approximate surface area is 145 Å². The van der Waals surface area contributed by atoms with Crippen molar-refractivity contribution in [1.82, 2.24) is 9.80 Å². The van der Waals surface area contributed by atoms with Crippen LogP contribution in [0.3, 0.4) is 0 Å². The van der Waals surface area contributed by atoms with Gasteiger partial charge in [0.1, 0.15) is 0 Å². The van der Waals surface area contributed by atoms with E-state index in [0.29, 0.717) is 26.1 Å². The van der Waals surface area contributed by atoms with E-state index in [0.717, 1.165) is 43.6 Å². The van der Waals surface area contributed by atoms with Crippen molar-refractivity contribution in [3.63, 3.8) is 0 Å². The number of likely N-dealkylation sites (tertiary alicyclic amines) is 2. The van der Waals surface area contributed by atoms with E-state index >= 15 is 0 Å². The van der Waals surface area contributed by atoms with Crippen molar-refractivity contribution in [3.05, 3.63) is 35.4 Å². The first-order valence-electron chi connectivity index (χ1n) is 8.67. The summed E-state index contributed by atoms with van der Waals surface area (Å²) in [7, 11) is 0. The van der Waals surface area contributed by atoms with Gasteiger partial charge in [-0.25, -0.2) is 0 Å². The Bertz CT molecular complexity index is 597. The van der Waals surface area contributed by atoms with Crippen LogP contribution in [0.25, 0.3) is 0 Å². The third kappa shape index (κ3) is 4.52. The fourth-order valence-corrected chi connectivity index (χ4v) is 3.65. The van der Waals surface area contributed by atoms with Gasteiger partial charge in [-0.3, -0.25) is 9.69 Å². The summed E-state index contributed by atoms with van der Waals surface area (Å²) < 4.78 is 37.8. The minimum Gasteiger partial charge on any atom is -0.391 e. The van der Waals surface area contributed by atoms with Gasteiger partial charge in [-0.05, 0) is 30.5 Å². The van der Waals surface area contributed by atoms with Crippen molar-refractivity contribution < 1.29 is 23.1 Å². The highest BCUT2D eigenvalue weighted by Crippen LogP contribution is 2.30. The lowest BCUT2D eigenvalue weighted by Crippen LogP contribution is -2.32. The zero-order chi connectivity index (χ0) is 18.0. The first-order valence-corrected chi connectivity index (χ1v) is 8.67. The van der Waals surface area contributed by atoms with Crippen LogP contribution in [0.1, 0.15) is 30.4 Å². The molecule has 2 saturated heterocycles. The Hall–Kier alpha value is -1.60. The molecule has 1 aromatic carbocycles. The van der Waals surface area contributed by atoms with Crippen LogP contribution in [0.5, 0.6) is 0 Å². The van der Waals surface area contributed by atoms with Crippen LogP contribution in [0.2, 0.25) is 0 Å². The molecule has 2 heterocycles. The Kier molecular flexibility index (Phi) is 5.34. The molecule has 0 radical (unpaired) electrons. The molecule has 7 heteroatoms. The quantitative estimate of drug-likeness (QED) is 0.902. The molecule has 138 valence electrons. The number of β-amino-alcohol motifs (C(OH)–C–C–N with tert-alkyl or cyclic N) is 1. The second-order valence-corrected chi connectivity index (χ2v) is 7.01. The number of benzene rings is 1. The number of carbonyl (C=O) groups excluding carboxylic acids is 1. The highest BCUT2D eigenvalue weighted by Gasteiger charge is 2.34. The number of aliphatic hydroxyl groups excluding tert-OH is 1. The van der Waals surface area contributed by atoms with E-state index in [2.05, 4.69) is 0 Å². The topological polar surface area (TPSA) is 43.8 Å². The van der Waals surface area contributed by atoms with Gasteiger partial charge in [0.05, 0.1) is 11.7 Å². The Morgan fingerprint density at radius 2 is 1.76 bits per heavy atom. The van der Waals surface area contributed by atoms with E-state index in [1.165, 1.54) is 12.1 Å². The SMILES string of the molecule is O=C(C[C@H]1CN(Cc2ccc(C(F)(F)F)cc2)C[C@@H]1O)N1CCCC1. The zero-order valence-corrected chi connectivity index (χ0v) is 14.0. The average molecular weight is 356 g/mol. The molecular weight excluding hydrogens is 333 g/mol. The number of rotatable bonds is 4. The average Bonchev–Trinajstić information content (AvgIpc) is 3.18. The van der Waals surface area contributed by atoms with Gasteiger partial charge >= 0.3 is 6.18 Å².